The van der Waals surface area contributed by atoms with E-state index in [4.69, 9.17) is 33.8 Å². The van der Waals surface area contributed by atoms with Crippen LogP contribution in [0.4, 0.5) is 9.18 Å². The summed E-state index contributed by atoms with van der Waals surface area (Å²) in [4.78, 5) is 32.0. The number of halogens is 1. The predicted molar refractivity (Wildman–Crippen MR) is 278 cm³/mol. The molecule has 2 aromatic heterocycles. The molecular weight excluding hydrogens is 924 g/mol. The van der Waals surface area contributed by atoms with E-state index >= 15 is 4.39 Å². The van der Waals surface area contributed by atoms with Gasteiger partial charge in [-0.1, -0.05) is 103 Å². The molecule has 12 nitrogen and oxygen atoms in total. The number of fused-ring (bicyclic) bond motifs is 2. The highest BCUT2D eigenvalue weighted by Crippen LogP contribution is 2.54. The van der Waals surface area contributed by atoms with Crippen LogP contribution in [0, 0.1) is 12.7 Å². The number of pyridine rings is 1. The topological polar surface area (TPSA) is 134 Å². The first-order valence-electron chi connectivity index (χ1n) is 24.8. The van der Waals surface area contributed by atoms with Crippen LogP contribution >= 0.6 is 0 Å². The number of carbonyl (C=O) groups excluding carboxylic acids is 1. The van der Waals surface area contributed by atoms with Gasteiger partial charge < -0.3 is 33.7 Å². The Bertz CT molecular complexity index is 3200. The lowest BCUT2D eigenvalue weighted by Crippen LogP contribution is -2.38. The molecule has 374 valence electrons. The summed E-state index contributed by atoms with van der Waals surface area (Å²) in [6.07, 6.45) is 3.30. The number of hydrogen-bond donors (Lipinski definition) is 1. The van der Waals surface area contributed by atoms with Crippen molar-refractivity contribution in [2.75, 3.05) is 26.8 Å². The van der Waals surface area contributed by atoms with E-state index in [-0.39, 0.29) is 42.8 Å². The fourth-order valence-electron chi connectivity index (χ4n) is 9.92. The zero-order chi connectivity index (χ0) is 51.0. The molecule has 0 bridgehead atoms. The van der Waals surface area contributed by atoms with Gasteiger partial charge in [0, 0.05) is 60.3 Å². The quantitative estimate of drug-likeness (QED) is 0.0933. The van der Waals surface area contributed by atoms with Gasteiger partial charge in [0.05, 0.1) is 23.7 Å². The SMILES string of the molecule is CO[C@H](C)COc1cc(O[C@H]2CCN(C(=O)OC(C)(C)C)C2)c2cc(C3CC3)c(-c3c(C)c(F)cc4nn(C(c5ccccc5)(c5ccccc5)c5ccccc5)cc34)c(OCc3ccc(C(=O)O)cc3)c2n1. The Morgan fingerprint density at radius 3 is 2.01 bits per heavy atom. The van der Waals surface area contributed by atoms with Gasteiger partial charge in [0.1, 0.15) is 47.5 Å². The molecule has 1 saturated heterocycles. The number of benzene rings is 6. The summed E-state index contributed by atoms with van der Waals surface area (Å²) < 4.78 is 50.8. The zero-order valence-electron chi connectivity index (χ0n) is 41.9. The van der Waals surface area contributed by atoms with Crippen LogP contribution in [-0.2, 0) is 21.6 Å². The van der Waals surface area contributed by atoms with E-state index < -0.39 is 29.0 Å². The van der Waals surface area contributed by atoms with Crippen LogP contribution in [-0.4, -0.2) is 81.4 Å². The summed E-state index contributed by atoms with van der Waals surface area (Å²) in [5.74, 6) is -0.279. The van der Waals surface area contributed by atoms with Crippen molar-refractivity contribution in [2.24, 2.45) is 0 Å². The van der Waals surface area contributed by atoms with Crippen molar-refractivity contribution >= 4 is 33.9 Å². The predicted octanol–water partition coefficient (Wildman–Crippen LogP) is 12.5. The van der Waals surface area contributed by atoms with Gasteiger partial charge in [-0.2, -0.15) is 5.10 Å². The van der Waals surface area contributed by atoms with Crippen LogP contribution in [0.3, 0.4) is 0 Å². The third kappa shape index (κ3) is 9.81. The number of carbonyl (C=O) groups is 2. The summed E-state index contributed by atoms with van der Waals surface area (Å²) in [7, 11) is 1.61. The van der Waals surface area contributed by atoms with E-state index in [1.54, 1.807) is 49.3 Å². The Hall–Kier alpha value is -7.77. The third-order valence-electron chi connectivity index (χ3n) is 13.8. The number of amides is 1. The molecule has 1 saturated carbocycles. The number of hydrogen-bond acceptors (Lipinski definition) is 9. The highest BCUT2D eigenvalue weighted by Gasteiger charge is 2.41. The van der Waals surface area contributed by atoms with Crippen LogP contribution in [0.15, 0.2) is 140 Å². The standard InChI is InChI=1S/C60H59FN4O8/c1-37(69-6)35-70-52-32-51(72-45-28-29-64(33-45)58(68)73-59(3,4)5)47-30-46(40-26-27-40)54(56(55(47)62-52)71-36-39-22-24-41(25-23-39)57(66)67)53-38(2)49(61)31-50-48(53)34-65(63-50)60(42-16-10-7-11-17-42,43-18-12-8-13-19-43)44-20-14-9-15-21-44/h7-25,30-32,34,37,40,45H,26-29,33,35-36H2,1-6H3,(H,66,67)/t37-,45+/m1/s1. The second-order valence-electron chi connectivity index (χ2n) is 20.1. The summed E-state index contributed by atoms with van der Waals surface area (Å²) in [5, 5.41) is 16.4. The molecule has 10 rings (SSSR count). The fraction of sp³-hybridized carbons (Fsp3) is 0.300. The summed E-state index contributed by atoms with van der Waals surface area (Å²) in [6, 6.07) is 42.6. The Labute approximate surface area is 424 Å². The molecule has 1 amide bonds. The van der Waals surface area contributed by atoms with Gasteiger partial charge in [-0.15, -0.1) is 0 Å². The first kappa shape index (κ1) is 48.8. The molecule has 2 aliphatic rings. The number of aromatic nitrogens is 3. The molecule has 0 spiro atoms. The number of rotatable bonds is 16. The van der Waals surface area contributed by atoms with Crippen molar-refractivity contribution < 1.29 is 42.8 Å². The maximum absolute atomic E-state index is 17.1. The lowest BCUT2D eigenvalue weighted by Gasteiger charge is -2.36. The number of methoxy groups -OCH3 is 1. The highest BCUT2D eigenvalue weighted by atomic mass is 19.1. The number of carboxylic acids is 1. The lowest BCUT2D eigenvalue weighted by molar-refractivity contribution is 0.0275. The van der Waals surface area contributed by atoms with Crippen LogP contribution < -0.4 is 14.2 Å². The molecular formula is C60H59FN4O8. The minimum atomic E-state index is -1.04. The number of carboxylic acid groups (broad SMARTS) is 1. The second kappa shape index (κ2) is 20.0. The lowest BCUT2D eigenvalue weighted by atomic mass is 9.77. The normalized spacial score (nSPS) is 15.4. The monoisotopic (exact) mass is 982 g/mol. The van der Waals surface area contributed by atoms with Gasteiger partial charge in [0.25, 0.3) is 0 Å². The van der Waals surface area contributed by atoms with E-state index in [1.165, 1.54) is 6.07 Å². The molecule has 1 aliphatic carbocycles. The van der Waals surface area contributed by atoms with E-state index in [0.29, 0.717) is 75.1 Å². The molecule has 1 N–H and O–H groups in total. The Kier molecular flexibility index (Phi) is 13.4. The van der Waals surface area contributed by atoms with Gasteiger partial charge >= 0.3 is 12.1 Å². The van der Waals surface area contributed by atoms with Crippen molar-refractivity contribution in [3.63, 3.8) is 0 Å². The average Bonchev–Trinajstić information content (AvgIpc) is 3.99. The van der Waals surface area contributed by atoms with Gasteiger partial charge in [0.2, 0.25) is 5.88 Å². The molecule has 13 heteroatoms. The van der Waals surface area contributed by atoms with Crippen molar-refractivity contribution in [1.82, 2.24) is 19.7 Å². The Morgan fingerprint density at radius 1 is 0.808 bits per heavy atom. The van der Waals surface area contributed by atoms with Gasteiger partial charge in [-0.05, 0) is 105 Å². The zero-order valence-corrected chi connectivity index (χ0v) is 41.9. The summed E-state index contributed by atoms with van der Waals surface area (Å²) in [5.41, 5.74) is 5.56. The first-order valence-corrected chi connectivity index (χ1v) is 24.8. The number of nitrogens with zero attached hydrogens (tertiary/aromatic N) is 4. The van der Waals surface area contributed by atoms with Gasteiger partial charge in [0.15, 0.2) is 5.75 Å². The summed E-state index contributed by atoms with van der Waals surface area (Å²) in [6.45, 7) is 10.2. The van der Waals surface area contributed by atoms with Crippen LogP contribution in [0.5, 0.6) is 17.4 Å². The fourth-order valence-corrected chi connectivity index (χ4v) is 9.92. The van der Waals surface area contributed by atoms with E-state index in [1.807, 2.05) is 93.2 Å². The number of ether oxygens (including phenoxy) is 5. The van der Waals surface area contributed by atoms with Crippen LogP contribution in [0.1, 0.15) is 96.6 Å². The molecule has 8 aromatic rings. The minimum absolute atomic E-state index is 0.0170. The molecule has 3 heterocycles. The van der Waals surface area contributed by atoms with E-state index in [0.717, 1.165) is 35.1 Å². The number of likely N-dealkylation sites (tertiary alicyclic amines) is 1. The largest absolute Gasteiger partial charge is 0.488 e. The number of aromatic carboxylic acids is 1. The molecule has 73 heavy (non-hydrogen) atoms. The van der Waals surface area contributed by atoms with Crippen molar-refractivity contribution in [2.45, 2.75) is 89.8 Å². The Morgan fingerprint density at radius 2 is 1.44 bits per heavy atom. The Balaban J connectivity index is 1.22. The van der Waals surface area contributed by atoms with E-state index in [9.17, 15) is 14.7 Å². The minimum Gasteiger partial charge on any atom is -0.488 e. The molecule has 2 fully saturated rings. The van der Waals surface area contributed by atoms with E-state index in [2.05, 4.69) is 42.5 Å². The second-order valence-corrected chi connectivity index (χ2v) is 20.1. The molecule has 6 aromatic carbocycles. The van der Waals surface area contributed by atoms with Crippen LogP contribution in [0.2, 0.25) is 0 Å². The van der Waals surface area contributed by atoms with Gasteiger partial charge in [-0.3, -0.25) is 4.68 Å². The molecule has 0 unspecified atom stereocenters. The highest BCUT2D eigenvalue weighted by molar-refractivity contribution is 6.05. The van der Waals surface area contributed by atoms with Crippen LogP contribution in [0.25, 0.3) is 32.9 Å². The smallest absolute Gasteiger partial charge is 0.410 e. The maximum atomic E-state index is 17.1. The average molecular weight is 983 g/mol. The van der Waals surface area contributed by atoms with Crippen molar-refractivity contribution in [3.05, 3.63) is 184 Å². The maximum Gasteiger partial charge on any atom is 0.410 e. The molecule has 0 radical (unpaired) electrons. The first-order chi connectivity index (χ1) is 35.2. The third-order valence-corrected chi connectivity index (χ3v) is 13.8. The summed E-state index contributed by atoms with van der Waals surface area (Å²) >= 11 is 0. The van der Waals surface area contributed by atoms with Crippen molar-refractivity contribution in [1.29, 1.82) is 0 Å². The van der Waals surface area contributed by atoms with Crippen molar-refractivity contribution in [3.8, 4) is 28.5 Å². The van der Waals surface area contributed by atoms with Gasteiger partial charge in [-0.25, -0.2) is 19.0 Å². The molecule has 1 aliphatic heterocycles. The molecule has 2 atom stereocenters.